The number of hydrogen-bond donors (Lipinski definition) is 2. The Labute approximate surface area is 162 Å². The van der Waals surface area contributed by atoms with Gasteiger partial charge in [-0.1, -0.05) is 24.3 Å². The zero-order valence-corrected chi connectivity index (χ0v) is 15.5. The number of anilines is 1. The van der Waals surface area contributed by atoms with Crippen molar-refractivity contribution in [1.82, 2.24) is 14.9 Å². The number of hydrogen-bond acceptors (Lipinski definition) is 5. The topological polar surface area (TPSA) is 89.5 Å². The van der Waals surface area contributed by atoms with Crippen LogP contribution in [0.15, 0.2) is 53.3 Å². The first-order valence-corrected chi connectivity index (χ1v) is 9.40. The third-order valence-corrected chi connectivity index (χ3v) is 5.10. The van der Waals surface area contributed by atoms with E-state index in [4.69, 9.17) is 0 Å². The summed E-state index contributed by atoms with van der Waals surface area (Å²) in [4.78, 5) is 35.9. The van der Waals surface area contributed by atoms with Crippen LogP contribution in [0, 0.1) is 0 Å². The van der Waals surface area contributed by atoms with Crippen LogP contribution >= 0.6 is 0 Å². The Morgan fingerprint density at radius 1 is 1.04 bits per heavy atom. The van der Waals surface area contributed by atoms with Crippen molar-refractivity contribution in [2.24, 2.45) is 0 Å². The molecule has 0 unspecified atom stereocenters. The summed E-state index contributed by atoms with van der Waals surface area (Å²) in [6, 6.07) is 14.6. The minimum absolute atomic E-state index is 0.0197. The number of para-hydroxylation sites is 4. The lowest BCUT2D eigenvalue weighted by Gasteiger charge is -2.36. The smallest absolute Gasteiger partial charge is 0.270 e. The van der Waals surface area contributed by atoms with Gasteiger partial charge in [0.1, 0.15) is 11.4 Å². The second kappa shape index (κ2) is 7.72. The number of aromatic hydroxyl groups is 1. The Bertz CT molecular complexity index is 1050. The van der Waals surface area contributed by atoms with Crippen LogP contribution in [0.4, 0.5) is 5.69 Å². The number of fused-ring (bicyclic) bond motifs is 1. The van der Waals surface area contributed by atoms with Crippen molar-refractivity contribution in [3.63, 3.8) is 0 Å². The zero-order valence-electron chi connectivity index (χ0n) is 15.5. The zero-order chi connectivity index (χ0) is 19.5. The van der Waals surface area contributed by atoms with Gasteiger partial charge in [0.25, 0.3) is 5.56 Å². The number of phenolic OH excluding ortho intramolecular Hbond substituents is 1. The molecule has 1 saturated heterocycles. The summed E-state index contributed by atoms with van der Waals surface area (Å²) in [6.45, 7) is 2.51. The van der Waals surface area contributed by atoms with Crippen LogP contribution in [-0.2, 0) is 11.2 Å². The fourth-order valence-corrected chi connectivity index (χ4v) is 3.55. The van der Waals surface area contributed by atoms with Gasteiger partial charge in [0.05, 0.1) is 16.7 Å². The highest BCUT2D eigenvalue weighted by Gasteiger charge is 2.22. The summed E-state index contributed by atoms with van der Waals surface area (Å²) in [5.41, 5.74) is 2.36. The molecule has 2 N–H and O–H groups in total. The molecule has 7 heteroatoms. The lowest BCUT2D eigenvalue weighted by molar-refractivity contribution is -0.131. The van der Waals surface area contributed by atoms with E-state index in [9.17, 15) is 14.7 Å². The molecule has 4 rings (SSSR count). The summed E-state index contributed by atoms with van der Waals surface area (Å²) < 4.78 is 0. The largest absolute Gasteiger partial charge is 0.506 e. The van der Waals surface area contributed by atoms with Crippen LogP contribution in [0.3, 0.4) is 0 Å². The third-order valence-electron chi connectivity index (χ3n) is 5.10. The molecule has 2 heterocycles. The maximum Gasteiger partial charge on any atom is 0.270 e. The summed E-state index contributed by atoms with van der Waals surface area (Å²) in [6.07, 6.45) is 0.573. The Hall–Kier alpha value is -3.35. The molecule has 0 aliphatic carbocycles. The highest BCUT2D eigenvalue weighted by molar-refractivity contribution is 5.77. The van der Waals surface area contributed by atoms with Crippen molar-refractivity contribution >= 4 is 22.6 Å². The number of H-pyrrole nitrogens is 1. The number of rotatable bonds is 4. The molecule has 1 aliphatic heterocycles. The fraction of sp³-hybridized carbons (Fsp3) is 0.286. The Morgan fingerprint density at radius 2 is 1.75 bits per heavy atom. The van der Waals surface area contributed by atoms with Crippen molar-refractivity contribution in [1.29, 1.82) is 0 Å². The third kappa shape index (κ3) is 3.69. The van der Waals surface area contributed by atoms with Crippen LogP contribution in [0.5, 0.6) is 5.75 Å². The number of aromatic amines is 1. The van der Waals surface area contributed by atoms with E-state index in [1.807, 2.05) is 41.3 Å². The lowest BCUT2D eigenvalue weighted by atomic mass is 10.2. The quantitative estimate of drug-likeness (QED) is 0.724. The highest BCUT2D eigenvalue weighted by Crippen LogP contribution is 2.27. The molecule has 0 saturated carbocycles. The normalized spacial score (nSPS) is 14.4. The maximum atomic E-state index is 12.6. The Balaban J connectivity index is 1.36. The number of piperazine rings is 1. The molecular formula is C21H22N4O3. The molecule has 28 heavy (non-hydrogen) atoms. The van der Waals surface area contributed by atoms with Gasteiger partial charge in [0.15, 0.2) is 0 Å². The van der Waals surface area contributed by atoms with E-state index in [-0.39, 0.29) is 23.6 Å². The molecule has 0 radical (unpaired) electrons. The lowest BCUT2D eigenvalue weighted by Crippen LogP contribution is -2.48. The molecule has 3 aromatic rings. The first-order valence-electron chi connectivity index (χ1n) is 9.40. The van der Waals surface area contributed by atoms with Crippen LogP contribution in [0.2, 0.25) is 0 Å². The number of amides is 1. The first kappa shape index (κ1) is 18.0. The number of aromatic nitrogens is 2. The number of carbonyl (C=O) groups excluding carboxylic acids is 1. The van der Waals surface area contributed by atoms with E-state index in [1.165, 1.54) is 0 Å². The molecule has 0 spiro atoms. The number of benzene rings is 2. The molecule has 1 aliphatic rings. The fourth-order valence-electron chi connectivity index (χ4n) is 3.55. The minimum atomic E-state index is -0.240. The number of phenols is 1. The van der Waals surface area contributed by atoms with Crippen molar-refractivity contribution in [3.8, 4) is 5.75 Å². The standard InChI is InChI=1S/C21H22N4O3/c26-19-8-4-3-7-18(19)24-11-13-25(14-12-24)20(27)10-9-17-21(28)23-16-6-2-1-5-15(16)22-17/h1-8,26H,9-14H2,(H,23,28). The van der Waals surface area contributed by atoms with Crippen LogP contribution < -0.4 is 10.5 Å². The maximum absolute atomic E-state index is 12.6. The van der Waals surface area contributed by atoms with Crippen LogP contribution in [0.25, 0.3) is 11.0 Å². The number of nitrogens with one attached hydrogen (secondary N) is 1. The number of aryl methyl sites for hydroxylation is 1. The molecule has 2 aromatic carbocycles. The second-order valence-corrected chi connectivity index (χ2v) is 6.89. The van der Waals surface area contributed by atoms with Gasteiger partial charge in [-0.25, -0.2) is 4.98 Å². The van der Waals surface area contributed by atoms with Gasteiger partial charge in [0, 0.05) is 39.0 Å². The summed E-state index contributed by atoms with van der Waals surface area (Å²) in [7, 11) is 0. The molecular weight excluding hydrogens is 356 g/mol. The molecule has 0 bridgehead atoms. The predicted octanol–water partition coefficient (Wildman–Crippen LogP) is 1.91. The molecule has 1 aromatic heterocycles. The molecule has 144 valence electrons. The van der Waals surface area contributed by atoms with Crippen molar-refractivity contribution in [3.05, 3.63) is 64.6 Å². The Kier molecular flexibility index (Phi) is 4.97. The average molecular weight is 378 g/mol. The van der Waals surface area contributed by atoms with E-state index < -0.39 is 0 Å². The van der Waals surface area contributed by atoms with Crippen molar-refractivity contribution in [2.45, 2.75) is 12.8 Å². The van der Waals surface area contributed by atoms with Gasteiger partial charge < -0.3 is 19.9 Å². The first-order chi connectivity index (χ1) is 13.6. The van der Waals surface area contributed by atoms with Gasteiger partial charge >= 0.3 is 0 Å². The van der Waals surface area contributed by atoms with E-state index in [2.05, 4.69) is 14.9 Å². The van der Waals surface area contributed by atoms with Gasteiger partial charge in [0.2, 0.25) is 5.91 Å². The number of nitrogens with zero attached hydrogens (tertiary/aromatic N) is 3. The summed E-state index contributed by atoms with van der Waals surface area (Å²) in [5, 5.41) is 9.99. The van der Waals surface area contributed by atoms with Gasteiger partial charge in [-0.3, -0.25) is 9.59 Å². The summed E-state index contributed by atoms with van der Waals surface area (Å²) in [5.74, 6) is 0.273. The molecule has 1 amide bonds. The predicted molar refractivity (Wildman–Crippen MR) is 108 cm³/mol. The van der Waals surface area contributed by atoms with Gasteiger partial charge in [-0.15, -0.1) is 0 Å². The second-order valence-electron chi connectivity index (χ2n) is 6.89. The highest BCUT2D eigenvalue weighted by atomic mass is 16.3. The summed E-state index contributed by atoms with van der Waals surface area (Å²) >= 11 is 0. The van der Waals surface area contributed by atoms with Crippen molar-refractivity contribution in [2.75, 3.05) is 31.1 Å². The van der Waals surface area contributed by atoms with Crippen LogP contribution in [-0.4, -0.2) is 52.1 Å². The number of carbonyl (C=O) groups is 1. The van der Waals surface area contributed by atoms with Gasteiger partial charge in [-0.05, 0) is 24.3 Å². The van der Waals surface area contributed by atoms with Gasteiger partial charge in [-0.2, -0.15) is 0 Å². The van der Waals surface area contributed by atoms with E-state index in [1.54, 1.807) is 12.1 Å². The molecule has 1 fully saturated rings. The monoisotopic (exact) mass is 378 g/mol. The average Bonchev–Trinajstić information content (AvgIpc) is 2.72. The van der Waals surface area contributed by atoms with E-state index in [0.29, 0.717) is 43.8 Å². The molecule has 0 atom stereocenters. The minimum Gasteiger partial charge on any atom is -0.506 e. The van der Waals surface area contributed by atoms with E-state index >= 15 is 0 Å². The van der Waals surface area contributed by atoms with E-state index in [0.717, 1.165) is 11.2 Å². The Morgan fingerprint density at radius 3 is 2.54 bits per heavy atom. The van der Waals surface area contributed by atoms with Crippen molar-refractivity contribution < 1.29 is 9.90 Å². The van der Waals surface area contributed by atoms with Crippen LogP contribution in [0.1, 0.15) is 12.1 Å². The SMILES string of the molecule is O=C(CCc1nc2ccccc2[nH]c1=O)N1CCN(c2ccccc2O)CC1. The molecule has 7 nitrogen and oxygen atoms in total.